The molecule has 0 aliphatic heterocycles. The number of pyridine rings is 2. The zero-order chi connectivity index (χ0) is 26.9. The van der Waals surface area contributed by atoms with Crippen LogP contribution < -0.4 is 4.73 Å². The van der Waals surface area contributed by atoms with E-state index in [-0.39, 0.29) is 44.0 Å². The average Bonchev–Trinajstić information content (AvgIpc) is 3.53. The molecule has 37 heavy (non-hydrogen) atoms. The summed E-state index contributed by atoms with van der Waals surface area (Å²) in [6, 6.07) is 1.57. The summed E-state index contributed by atoms with van der Waals surface area (Å²) in [5.74, 6) is -5.44. The third-order valence-corrected chi connectivity index (χ3v) is 7.76. The van der Waals surface area contributed by atoms with Crippen molar-refractivity contribution in [3.05, 3.63) is 41.2 Å². The van der Waals surface area contributed by atoms with E-state index in [9.17, 15) is 35.6 Å². The van der Waals surface area contributed by atoms with Crippen molar-refractivity contribution in [1.29, 1.82) is 0 Å². The lowest BCUT2D eigenvalue weighted by Gasteiger charge is -2.19. The summed E-state index contributed by atoms with van der Waals surface area (Å²) < 4.78 is 98.6. The van der Waals surface area contributed by atoms with Crippen LogP contribution in [0.1, 0.15) is 37.1 Å². The van der Waals surface area contributed by atoms with Crippen molar-refractivity contribution < 1.29 is 39.6 Å². The third-order valence-electron chi connectivity index (χ3n) is 6.02. The lowest BCUT2D eigenvalue weighted by molar-refractivity contribution is -0.565. The summed E-state index contributed by atoms with van der Waals surface area (Å²) in [6.45, 7) is 1.37. The number of aromatic nitrogens is 6. The molecular weight excluding hydrogens is 527 g/mol. The average molecular weight is 544 g/mol. The highest BCUT2D eigenvalue weighted by atomic mass is 32.2. The van der Waals surface area contributed by atoms with E-state index in [0.717, 1.165) is 17.4 Å². The van der Waals surface area contributed by atoms with Gasteiger partial charge in [-0.2, -0.15) is 26.9 Å². The van der Waals surface area contributed by atoms with Crippen LogP contribution in [-0.2, 0) is 22.8 Å². The first-order valence-electron chi connectivity index (χ1n) is 10.9. The molecule has 10 nitrogen and oxygen atoms in total. The van der Waals surface area contributed by atoms with Gasteiger partial charge < -0.3 is 9.73 Å². The molecule has 196 valence electrons. The van der Waals surface area contributed by atoms with Crippen LogP contribution in [0.5, 0.6) is 0 Å². The Morgan fingerprint density at radius 2 is 1.86 bits per heavy atom. The van der Waals surface area contributed by atoms with E-state index in [1.807, 2.05) is 0 Å². The first-order valence-corrected chi connectivity index (χ1v) is 12.5. The van der Waals surface area contributed by atoms with Gasteiger partial charge in [0.05, 0.1) is 18.4 Å². The van der Waals surface area contributed by atoms with Crippen molar-refractivity contribution in [1.82, 2.24) is 24.7 Å². The molecule has 0 saturated heterocycles. The molecule has 0 bridgehead atoms. The monoisotopic (exact) mass is 544 g/mol. The summed E-state index contributed by atoms with van der Waals surface area (Å²) in [4.78, 5) is 11.6. The molecule has 0 aromatic carbocycles. The first kappa shape index (κ1) is 25.0. The number of sulfone groups is 1. The van der Waals surface area contributed by atoms with Crippen molar-refractivity contribution in [3.63, 3.8) is 0 Å². The zero-order valence-electron chi connectivity index (χ0n) is 19.1. The smallest absolute Gasteiger partial charge is 0.458 e. The van der Waals surface area contributed by atoms with Crippen LogP contribution in [0.3, 0.4) is 0 Å². The second-order valence-corrected chi connectivity index (χ2v) is 10.8. The maximum absolute atomic E-state index is 13.9. The fourth-order valence-electron chi connectivity index (χ4n) is 3.77. The summed E-state index contributed by atoms with van der Waals surface area (Å²) in [5.41, 5.74) is -2.59. The first-order chi connectivity index (χ1) is 17.3. The van der Waals surface area contributed by atoms with Gasteiger partial charge in [0.1, 0.15) is 4.90 Å². The number of aryl methyl sites for hydroxylation is 1. The Morgan fingerprint density at radius 1 is 1.16 bits per heavy atom. The van der Waals surface area contributed by atoms with Gasteiger partial charge in [-0.05, 0) is 18.9 Å². The van der Waals surface area contributed by atoms with Gasteiger partial charge in [0.15, 0.2) is 21.0 Å². The highest BCUT2D eigenvalue weighted by molar-refractivity contribution is 7.91. The second kappa shape index (κ2) is 8.16. The van der Waals surface area contributed by atoms with Gasteiger partial charge in [-0.25, -0.2) is 27.7 Å². The SMILES string of the molecule is CCS(=O)(=O)c1cc(-c2noc(C3CC3)n2)cnc1-c1n(C)c2ncc(C(F)(F)C(F)(F)F)cc2[n+]1[O-]. The maximum Gasteiger partial charge on any atom is 0.458 e. The predicted molar refractivity (Wildman–Crippen MR) is 116 cm³/mol. The lowest BCUT2D eigenvalue weighted by atomic mass is 10.1. The Bertz CT molecular complexity index is 1640. The van der Waals surface area contributed by atoms with Crippen LogP contribution >= 0.6 is 0 Å². The minimum atomic E-state index is -5.91. The topological polar surface area (TPSA) is 131 Å². The molecule has 0 N–H and O–H groups in total. The number of hydrogen-bond donors (Lipinski definition) is 0. The van der Waals surface area contributed by atoms with Gasteiger partial charge in [-0.15, -0.1) is 0 Å². The molecule has 0 unspecified atom stereocenters. The Balaban J connectivity index is 1.69. The highest BCUT2D eigenvalue weighted by Crippen LogP contribution is 2.44. The van der Waals surface area contributed by atoms with E-state index >= 15 is 0 Å². The van der Waals surface area contributed by atoms with E-state index in [4.69, 9.17) is 4.52 Å². The predicted octanol–water partition coefficient (Wildman–Crippen LogP) is 3.64. The Kier molecular flexibility index (Phi) is 5.51. The molecular formula is C21H17F5N6O4S. The van der Waals surface area contributed by atoms with Crippen LogP contribution in [0.25, 0.3) is 34.1 Å². The molecule has 1 aliphatic rings. The minimum absolute atomic E-state index is 0.0223. The quantitative estimate of drug-likeness (QED) is 0.204. The second-order valence-electron chi connectivity index (χ2n) is 8.52. The molecule has 1 fully saturated rings. The molecule has 0 atom stereocenters. The highest BCUT2D eigenvalue weighted by Gasteiger charge is 2.59. The van der Waals surface area contributed by atoms with E-state index < -0.39 is 38.8 Å². The van der Waals surface area contributed by atoms with Crippen LogP contribution in [0.2, 0.25) is 0 Å². The van der Waals surface area contributed by atoms with Crippen molar-refractivity contribution in [2.45, 2.75) is 42.7 Å². The molecule has 1 aliphatic carbocycles. The van der Waals surface area contributed by atoms with Crippen molar-refractivity contribution in [2.24, 2.45) is 7.05 Å². The molecule has 0 spiro atoms. The number of halogens is 5. The molecule has 4 heterocycles. The van der Waals surface area contributed by atoms with Gasteiger partial charge in [0.25, 0.3) is 5.65 Å². The summed E-state index contributed by atoms with van der Waals surface area (Å²) >= 11 is 0. The van der Waals surface area contributed by atoms with Crippen LogP contribution in [0.4, 0.5) is 22.0 Å². The fourth-order valence-corrected chi connectivity index (χ4v) is 4.83. The molecule has 0 amide bonds. The van der Waals surface area contributed by atoms with E-state index in [1.54, 1.807) is 0 Å². The maximum atomic E-state index is 13.9. The largest absolute Gasteiger partial charge is 0.710 e. The van der Waals surface area contributed by atoms with Crippen LogP contribution in [0.15, 0.2) is 33.9 Å². The van der Waals surface area contributed by atoms with E-state index in [1.165, 1.54) is 26.2 Å². The molecule has 16 heteroatoms. The van der Waals surface area contributed by atoms with E-state index in [2.05, 4.69) is 20.1 Å². The Labute approximate surface area is 205 Å². The van der Waals surface area contributed by atoms with Gasteiger partial charge >= 0.3 is 17.9 Å². The van der Waals surface area contributed by atoms with Crippen LogP contribution in [-0.4, -0.2) is 45.0 Å². The molecule has 0 radical (unpaired) electrons. The van der Waals surface area contributed by atoms with Crippen molar-refractivity contribution >= 4 is 21.0 Å². The Morgan fingerprint density at radius 3 is 2.49 bits per heavy atom. The van der Waals surface area contributed by atoms with Gasteiger partial charge in [-0.3, -0.25) is 0 Å². The number of alkyl halides is 5. The van der Waals surface area contributed by atoms with Crippen molar-refractivity contribution in [3.8, 4) is 22.9 Å². The normalized spacial score (nSPS) is 15.0. The number of hydrogen-bond acceptors (Lipinski definition) is 8. The van der Waals surface area contributed by atoms with Crippen LogP contribution in [0, 0.1) is 5.21 Å². The Hall–Kier alpha value is -3.69. The molecule has 1 saturated carbocycles. The van der Waals surface area contributed by atoms with E-state index in [0.29, 0.717) is 18.2 Å². The lowest BCUT2D eigenvalue weighted by Crippen LogP contribution is -2.34. The number of rotatable bonds is 6. The zero-order valence-corrected chi connectivity index (χ0v) is 19.9. The fraction of sp³-hybridized carbons (Fsp3) is 0.381. The molecule has 4 aromatic rings. The summed E-state index contributed by atoms with van der Waals surface area (Å²) in [5, 5.41) is 17.0. The summed E-state index contributed by atoms with van der Waals surface area (Å²) in [7, 11) is -2.75. The third kappa shape index (κ3) is 3.98. The van der Waals surface area contributed by atoms with Gasteiger partial charge in [0, 0.05) is 29.9 Å². The summed E-state index contributed by atoms with van der Waals surface area (Å²) in [6.07, 6.45) is -2.61. The standard InChI is InChI=1S/C21H17F5N6O4S/c1-3-37(34,35)14-6-11(16-29-18(36-30-16)10-4-5-10)8-27-15(14)19-31(2)17-13(32(19)33)7-12(9-28-17)20(22,23)21(24,25)26/h6-10H,3-5H2,1-2H3. The number of imidazole rings is 1. The number of nitrogens with zero attached hydrogens (tertiary/aromatic N) is 6. The molecule has 4 aromatic heterocycles. The number of fused-ring (bicyclic) bond motifs is 1. The minimum Gasteiger partial charge on any atom is -0.710 e. The van der Waals surface area contributed by atoms with Gasteiger partial charge in [-0.1, -0.05) is 12.1 Å². The molecule has 5 rings (SSSR count). The van der Waals surface area contributed by atoms with Crippen molar-refractivity contribution in [2.75, 3.05) is 5.75 Å². The van der Waals surface area contributed by atoms with Gasteiger partial charge in [0.2, 0.25) is 11.7 Å².